The third-order valence-electron chi connectivity index (χ3n) is 3.09. The Morgan fingerprint density at radius 3 is 2.45 bits per heavy atom. The van der Waals surface area contributed by atoms with E-state index in [1.54, 1.807) is 30.6 Å². The van der Waals surface area contributed by atoms with Gasteiger partial charge in [-0.1, -0.05) is 19.9 Å². The third-order valence-corrected chi connectivity index (χ3v) is 3.09. The normalized spacial score (nSPS) is 11.8. The minimum atomic E-state index is -0.727. The van der Waals surface area contributed by atoms with E-state index in [0.29, 0.717) is 5.69 Å². The van der Waals surface area contributed by atoms with Crippen LogP contribution in [0.25, 0.3) is 0 Å². The molecule has 0 saturated carbocycles. The zero-order valence-electron chi connectivity index (χ0n) is 12.5. The number of aromatic nitrogens is 2. The third kappa shape index (κ3) is 4.12. The van der Waals surface area contributed by atoms with Crippen LogP contribution >= 0.6 is 0 Å². The van der Waals surface area contributed by atoms with Crippen LogP contribution in [0.2, 0.25) is 0 Å². The Balaban J connectivity index is 2.04. The molecular formula is C16H18N4O2. The molecule has 6 nitrogen and oxygen atoms in total. The monoisotopic (exact) mass is 298 g/mol. The van der Waals surface area contributed by atoms with Crippen LogP contribution in [0.4, 0.5) is 5.69 Å². The predicted molar refractivity (Wildman–Crippen MR) is 82.8 cm³/mol. The fraction of sp³-hybridized carbons (Fsp3) is 0.250. The Morgan fingerprint density at radius 1 is 1.05 bits per heavy atom. The first-order valence-electron chi connectivity index (χ1n) is 7.00. The van der Waals surface area contributed by atoms with E-state index in [2.05, 4.69) is 20.6 Å². The highest BCUT2D eigenvalue weighted by Crippen LogP contribution is 2.19. The highest BCUT2D eigenvalue weighted by atomic mass is 16.2. The van der Waals surface area contributed by atoms with Crippen molar-refractivity contribution >= 4 is 17.5 Å². The minimum absolute atomic E-state index is 0.102. The van der Waals surface area contributed by atoms with Gasteiger partial charge in [-0.3, -0.25) is 19.6 Å². The van der Waals surface area contributed by atoms with E-state index in [1.165, 1.54) is 6.20 Å². The van der Waals surface area contributed by atoms with Crippen molar-refractivity contribution in [2.24, 2.45) is 5.92 Å². The molecule has 0 fully saturated rings. The first-order chi connectivity index (χ1) is 10.6. The van der Waals surface area contributed by atoms with Crippen LogP contribution in [-0.4, -0.2) is 21.8 Å². The van der Waals surface area contributed by atoms with E-state index < -0.39 is 11.8 Å². The second-order valence-corrected chi connectivity index (χ2v) is 5.15. The van der Waals surface area contributed by atoms with Crippen LogP contribution in [0.3, 0.4) is 0 Å². The van der Waals surface area contributed by atoms with Gasteiger partial charge in [0.05, 0.1) is 23.6 Å². The van der Waals surface area contributed by atoms with Gasteiger partial charge in [-0.2, -0.15) is 0 Å². The van der Waals surface area contributed by atoms with E-state index in [1.807, 2.05) is 26.0 Å². The average Bonchev–Trinajstić information content (AvgIpc) is 2.53. The molecule has 2 aromatic heterocycles. The number of pyridine rings is 2. The predicted octanol–water partition coefficient (Wildman–Crippen LogP) is 1.93. The molecule has 114 valence electrons. The largest absolute Gasteiger partial charge is 0.339 e. The first-order valence-corrected chi connectivity index (χ1v) is 7.00. The van der Waals surface area contributed by atoms with Gasteiger partial charge in [0.2, 0.25) is 0 Å². The van der Waals surface area contributed by atoms with Crippen molar-refractivity contribution in [3.05, 3.63) is 54.6 Å². The van der Waals surface area contributed by atoms with E-state index in [9.17, 15) is 9.59 Å². The Kier molecular flexibility index (Phi) is 5.19. The van der Waals surface area contributed by atoms with Crippen molar-refractivity contribution in [2.45, 2.75) is 19.9 Å². The summed E-state index contributed by atoms with van der Waals surface area (Å²) in [5.74, 6) is -1.33. The molecule has 2 aromatic rings. The summed E-state index contributed by atoms with van der Waals surface area (Å²) in [6.07, 6.45) is 4.72. The number of carbonyl (C=O) groups excluding carboxylic acids is 2. The van der Waals surface area contributed by atoms with Gasteiger partial charge in [0.25, 0.3) is 0 Å². The molecule has 22 heavy (non-hydrogen) atoms. The SMILES string of the molecule is CC(C)[C@@H](NC(=O)C(=O)Nc1cccnc1)c1ccccn1. The molecule has 6 heteroatoms. The Bertz CT molecular complexity index is 629. The van der Waals surface area contributed by atoms with Crippen molar-refractivity contribution in [3.63, 3.8) is 0 Å². The van der Waals surface area contributed by atoms with Gasteiger partial charge in [-0.15, -0.1) is 0 Å². The maximum absolute atomic E-state index is 12.1. The van der Waals surface area contributed by atoms with Crippen LogP contribution in [0.1, 0.15) is 25.6 Å². The summed E-state index contributed by atoms with van der Waals surface area (Å²) in [5.41, 5.74) is 1.20. The fourth-order valence-electron chi connectivity index (χ4n) is 1.97. The maximum atomic E-state index is 12.1. The topological polar surface area (TPSA) is 84.0 Å². The van der Waals surface area contributed by atoms with Crippen molar-refractivity contribution in [2.75, 3.05) is 5.32 Å². The van der Waals surface area contributed by atoms with Crippen LogP contribution in [0, 0.1) is 5.92 Å². The van der Waals surface area contributed by atoms with Gasteiger partial charge in [-0.25, -0.2) is 0 Å². The first kappa shape index (κ1) is 15.6. The van der Waals surface area contributed by atoms with Crippen molar-refractivity contribution in [3.8, 4) is 0 Å². The van der Waals surface area contributed by atoms with Gasteiger partial charge < -0.3 is 10.6 Å². The van der Waals surface area contributed by atoms with Gasteiger partial charge in [0, 0.05) is 12.4 Å². The minimum Gasteiger partial charge on any atom is -0.339 e. The number of nitrogens with zero attached hydrogens (tertiary/aromatic N) is 2. The number of rotatable bonds is 4. The van der Waals surface area contributed by atoms with Crippen molar-refractivity contribution in [1.29, 1.82) is 0 Å². The van der Waals surface area contributed by atoms with E-state index in [-0.39, 0.29) is 12.0 Å². The van der Waals surface area contributed by atoms with Gasteiger partial charge in [0.15, 0.2) is 0 Å². The number of hydrogen-bond acceptors (Lipinski definition) is 4. The molecule has 0 spiro atoms. The molecule has 0 aliphatic rings. The molecule has 0 saturated heterocycles. The van der Waals surface area contributed by atoms with Crippen LogP contribution < -0.4 is 10.6 Å². The lowest BCUT2D eigenvalue weighted by atomic mass is 10.0. The number of amides is 2. The van der Waals surface area contributed by atoms with E-state index >= 15 is 0 Å². The molecule has 0 aliphatic heterocycles. The smallest absolute Gasteiger partial charge is 0.313 e. The summed E-state index contributed by atoms with van der Waals surface area (Å²) < 4.78 is 0. The van der Waals surface area contributed by atoms with Gasteiger partial charge in [-0.05, 0) is 30.2 Å². The fourth-order valence-corrected chi connectivity index (χ4v) is 1.97. The number of carbonyl (C=O) groups is 2. The standard InChI is InChI=1S/C16H18N4O2/c1-11(2)14(13-7-3-4-9-18-13)20-16(22)15(21)19-12-6-5-8-17-10-12/h3-11,14H,1-2H3,(H,19,21)(H,20,22)/t14-/m1/s1. The van der Waals surface area contributed by atoms with E-state index in [0.717, 1.165) is 5.69 Å². The van der Waals surface area contributed by atoms with Crippen LogP contribution in [0.15, 0.2) is 48.9 Å². The van der Waals surface area contributed by atoms with E-state index in [4.69, 9.17) is 0 Å². The summed E-state index contributed by atoms with van der Waals surface area (Å²) in [5, 5.41) is 5.22. The Morgan fingerprint density at radius 2 is 1.86 bits per heavy atom. The van der Waals surface area contributed by atoms with Crippen LogP contribution in [-0.2, 0) is 9.59 Å². The van der Waals surface area contributed by atoms with Gasteiger partial charge in [0.1, 0.15) is 0 Å². The molecule has 2 rings (SSSR count). The summed E-state index contributed by atoms with van der Waals surface area (Å²) >= 11 is 0. The van der Waals surface area contributed by atoms with Crippen molar-refractivity contribution < 1.29 is 9.59 Å². The molecule has 1 atom stereocenters. The lowest BCUT2D eigenvalue weighted by Crippen LogP contribution is -2.39. The maximum Gasteiger partial charge on any atom is 0.313 e. The highest BCUT2D eigenvalue weighted by molar-refractivity contribution is 6.39. The molecule has 2 N–H and O–H groups in total. The summed E-state index contributed by atoms with van der Waals surface area (Å²) in [7, 11) is 0. The van der Waals surface area contributed by atoms with Crippen LogP contribution in [0.5, 0.6) is 0 Å². The number of nitrogens with one attached hydrogen (secondary N) is 2. The second-order valence-electron chi connectivity index (χ2n) is 5.15. The molecule has 2 amide bonds. The zero-order chi connectivity index (χ0) is 15.9. The molecule has 0 unspecified atom stereocenters. The molecule has 0 aliphatic carbocycles. The Labute approximate surface area is 129 Å². The molecular weight excluding hydrogens is 280 g/mol. The van der Waals surface area contributed by atoms with Crippen molar-refractivity contribution in [1.82, 2.24) is 15.3 Å². The lowest BCUT2D eigenvalue weighted by molar-refractivity contribution is -0.136. The highest BCUT2D eigenvalue weighted by Gasteiger charge is 2.23. The second kappa shape index (κ2) is 7.31. The molecule has 2 heterocycles. The van der Waals surface area contributed by atoms with Gasteiger partial charge >= 0.3 is 11.8 Å². The molecule has 0 bridgehead atoms. The zero-order valence-corrected chi connectivity index (χ0v) is 12.5. The lowest BCUT2D eigenvalue weighted by Gasteiger charge is -2.21. The number of anilines is 1. The average molecular weight is 298 g/mol. The molecule has 0 radical (unpaired) electrons. The summed E-state index contributed by atoms with van der Waals surface area (Å²) in [6, 6.07) is 8.49. The molecule has 0 aromatic carbocycles. The summed E-state index contributed by atoms with van der Waals surface area (Å²) in [6.45, 7) is 3.91. The number of hydrogen-bond donors (Lipinski definition) is 2. The Hall–Kier alpha value is -2.76. The quantitative estimate of drug-likeness (QED) is 0.845. The summed E-state index contributed by atoms with van der Waals surface area (Å²) in [4.78, 5) is 32.1.